The van der Waals surface area contributed by atoms with Crippen LogP contribution in [0, 0.1) is 17.3 Å². The van der Waals surface area contributed by atoms with Crippen LogP contribution in [0.25, 0.3) is 0 Å². The van der Waals surface area contributed by atoms with Crippen molar-refractivity contribution in [3.8, 4) is 0 Å². The van der Waals surface area contributed by atoms with E-state index in [1.165, 1.54) is 12.8 Å². The molecule has 0 spiro atoms. The molecule has 0 heterocycles. The summed E-state index contributed by atoms with van der Waals surface area (Å²) >= 11 is 0. The van der Waals surface area contributed by atoms with Crippen molar-refractivity contribution < 1.29 is 4.79 Å². The summed E-state index contributed by atoms with van der Waals surface area (Å²) in [7, 11) is 0. The van der Waals surface area contributed by atoms with Crippen molar-refractivity contribution in [2.45, 2.75) is 39.5 Å². The molecule has 0 radical (unpaired) electrons. The molecule has 1 nitrogen and oxygen atoms in total. The van der Waals surface area contributed by atoms with Crippen LogP contribution in [0.5, 0.6) is 0 Å². The number of hydrogen-bond donors (Lipinski definition) is 0. The van der Waals surface area contributed by atoms with E-state index >= 15 is 0 Å². The topological polar surface area (TPSA) is 17.1 Å². The van der Waals surface area contributed by atoms with E-state index < -0.39 is 0 Å². The number of ketones is 1. The van der Waals surface area contributed by atoms with E-state index in [2.05, 4.69) is 13.8 Å². The van der Waals surface area contributed by atoms with Crippen LogP contribution in [0.1, 0.15) is 39.5 Å². The summed E-state index contributed by atoms with van der Waals surface area (Å²) in [6, 6.07) is 0. The zero-order valence-corrected chi connectivity index (χ0v) is 7.39. The second kappa shape index (κ2) is 2.09. The Labute approximate surface area is 68.2 Å². The van der Waals surface area contributed by atoms with Crippen molar-refractivity contribution in [2.24, 2.45) is 17.3 Å². The Hall–Kier alpha value is -0.330. The Kier molecular flexibility index (Phi) is 1.39. The lowest BCUT2D eigenvalue weighted by atomic mass is 9.69. The SMILES string of the molecule is CC1CCC2CCC1(C)C2=O. The molecule has 0 amide bonds. The highest BCUT2D eigenvalue weighted by Crippen LogP contribution is 2.51. The van der Waals surface area contributed by atoms with Crippen molar-refractivity contribution in [1.29, 1.82) is 0 Å². The van der Waals surface area contributed by atoms with Crippen LogP contribution in [-0.4, -0.2) is 5.78 Å². The monoisotopic (exact) mass is 152 g/mol. The van der Waals surface area contributed by atoms with Crippen LogP contribution in [0.4, 0.5) is 0 Å². The lowest BCUT2D eigenvalue weighted by Crippen LogP contribution is -2.36. The van der Waals surface area contributed by atoms with E-state index in [0.717, 1.165) is 12.8 Å². The van der Waals surface area contributed by atoms with Gasteiger partial charge >= 0.3 is 0 Å². The van der Waals surface area contributed by atoms with Crippen LogP contribution in [0.3, 0.4) is 0 Å². The molecule has 0 aromatic carbocycles. The summed E-state index contributed by atoms with van der Waals surface area (Å²) in [6.45, 7) is 4.40. The van der Waals surface area contributed by atoms with E-state index in [0.29, 0.717) is 17.6 Å². The van der Waals surface area contributed by atoms with Crippen molar-refractivity contribution in [2.75, 3.05) is 0 Å². The van der Waals surface area contributed by atoms with Crippen molar-refractivity contribution >= 4 is 5.78 Å². The molecule has 2 fully saturated rings. The molecular weight excluding hydrogens is 136 g/mol. The smallest absolute Gasteiger partial charge is 0.142 e. The van der Waals surface area contributed by atoms with Crippen LogP contribution < -0.4 is 0 Å². The van der Waals surface area contributed by atoms with Crippen LogP contribution >= 0.6 is 0 Å². The van der Waals surface area contributed by atoms with Gasteiger partial charge in [0.2, 0.25) is 0 Å². The Morgan fingerprint density at radius 1 is 1.36 bits per heavy atom. The van der Waals surface area contributed by atoms with Gasteiger partial charge in [-0.2, -0.15) is 0 Å². The maximum Gasteiger partial charge on any atom is 0.142 e. The second-order valence-electron chi connectivity index (χ2n) is 4.50. The Bertz CT molecular complexity index is 195. The third kappa shape index (κ3) is 0.800. The molecule has 2 saturated carbocycles. The number of Topliss-reactive ketones (excluding diaryl/α,β-unsaturated/α-hetero) is 1. The van der Waals surface area contributed by atoms with Gasteiger partial charge in [-0.3, -0.25) is 4.79 Å². The Morgan fingerprint density at radius 2 is 2.09 bits per heavy atom. The van der Waals surface area contributed by atoms with Gasteiger partial charge < -0.3 is 0 Å². The minimum atomic E-state index is 0.0723. The average molecular weight is 152 g/mol. The molecule has 1 heteroatoms. The van der Waals surface area contributed by atoms with Gasteiger partial charge in [-0.15, -0.1) is 0 Å². The fourth-order valence-electron chi connectivity index (χ4n) is 2.73. The third-order valence-electron chi connectivity index (χ3n) is 3.98. The molecule has 62 valence electrons. The van der Waals surface area contributed by atoms with E-state index in [4.69, 9.17) is 0 Å². The highest BCUT2D eigenvalue weighted by molar-refractivity contribution is 5.89. The molecule has 3 atom stereocenters. The minimum Gasteiger partial charge on any atom is -0.299 e. The lowest BCUT2D eigenvalue weighted by molar-refractivity contribution is -0.133. The van der Waals surface area contributed by atoms with Crippen molar-refractivity contribution in [3.63, 3.8) is 0 Å². The van der Waals surface area contributed by atoms with Gasteiger partial charge in [-0.1, -0.05) is 13.8 Å². The summed E-state index contributed by atoms with van der Waals surface area (Å²) in [5.74, 6) is 1.64. The molecule has 0 saturated heterocycles. The fraction of sp³-hybridized carbons (Fsp3) is 0.900. The maximum atomic E-state index is 11.7. The summed E-state index contributed by atoms with van der Waals surface area (Å²) in [4.78, 5) is 11.7. The molecule has 0 N–H and O–H groups in total. The van der Waals surface area contributed by atoms with E-state index in [9.17, 15) is 4.79 Å². The predicted octanol–water partition coefficient (Wildman–Crippen LogP) is 2.40. The van der Waals surface area contributed by atoms with Gasteiger partial charge in [0.05, 0.1) is 0 Å². The molecule has 3 unspecified atom stereocenters. The number of carbonyl (C=O) groups is 1. The maximum absolute atomic E-state index is 11.7. The molecular formula is C10H16O. The molecule has 0 aliphatic heterocycles. The van der Waals surface area contributed by atoms with Gasteiger partial charge in [0, 0.05) is 11.3 Å². The van der Waals surface area contributed by atoms with Crippen molar-refractivity contribution in [1.82, 2.24) is 0 Å². The summed E-state index contributed by atoms with van der Waals surface area (Å²) in [5, 5.41) is 0. The first kappa shape index (κ1) is 7.33. The van der Waals surface area contributed by atoms with E-state index in [1.54, 1.807) is 0 Å². The number of hydrogen-bond acceptors (Lipinski definition) is 1. The van der Waals surface area contributed by atoms with Crippen molar-refractivity contribution in [3.05, 3.63) is 0 Å². The Balaban J connectivity index is 2.33. The standard InChI is InChI=1S/C10H16O/c1-7-3-4-8-5-6-10(7,2)9(8)11/h7-8H,3-6H2,1-2H3. The van der Waals surface area contributed by atoms with Gasteiger partial charge in [0.15, 0.2) is 0 Å². The van der Waals surface area contributed by atoms with E-state index in [1.807, 2.05) is 0 Å². The van der Waals surface area contributed by atoms with Gasteiger partial charge in [0.1, 0.15) is 5.78 Å². The highest BCUT2D eigenvalue weighted by Gasteiger charge is 2.50. The quantitative estimate of drug-likeness (QED) is 0.521. The van der Waals surface area contributed by atoms with Gasteiger partial charge in [-0.05, 0) is 31.6 Å². The van der Waals surface area contributed by atoms with E-state index in [-0.39, 0.29) is 5.41 Å². The minimum absolute atomic E-state index is 0.0723. The first-order chi connectivity index (χ1) is 5.14. The lowest BCUT2D eigenvalue weighted by Gasteiger charge is -2.34. The zero-order chi connectivity index (χ0) is 8.06. The molecule has 2 aliphatic rings. The summed E-state index contributed by atoms with van der Waals surface area (Å²) in [5.41, 5.74) is 0.0723. The van der Waals surface area contributed by atoms with Gasteiger partial charge in [-0.25, -0.2) is 0 Å². The zero-order valence-electron chi connectivity index (χ0n) is 7.39. The molecule has 2 bridgehead atoms. The summed E-state index contributed by atoms with van der Waals surface area (Å²) < 4.78 is 0. The molecule has 0 aromatic rings. The predicted molar refractivity (Wildman–Crippen MR) is 44.2 cm³/mol. The largest absolute Gasteiger partial charge is 0.299 e. The summed E-state index contributed by atoms with van der Waals surface area (Å²) in [6.07, 6.45) is 4.75. The fourth-order valence-corrected chi connectivity index (χ4v) is 2.73. The first-order valence-corrected chi connectivity index (χ1v) is 4.69. The number of carbonyl (C=O) groups excluding carboxylic acids is 1. The van der Waals surface area contributed by atoms with Crippen LogP contribution in [0.15, 0.2) is 0 Å². The molecule has 2 rings (SSSR count). The third-order valence-corrected chi connectivity index (χ3v) is 3.98. The second-order valence-corrected chi connectivity index (χ2v) is 4.50. The molecule has 2 aliphatic carbocycles. The van der Waals surface area contributed by atoms with Gasteiger partial charge in [0.25, 0.3) is 0 Å². The molecule has 11 heavy (non-hydrogen) atoms. The first-order valence-electron chi connectivity index (χ1n) is 4.69. The van der Waals surface area contributed by atoms with Crippen LogP contribution in [0.2, 0.25) is 0 Å². The number of fused-ring (bicyclic) bond motifs is 2. The molecule has 0 aromatic heterocycles. The average Bonchev–Trinajstić information content (AvgIpc) is 2.16. The number of rotatable bonds is 0. The van der Waals surface area contributed by atoms with Crippen LogP contribution in [-0.2, 0) is 4.79 Å². The Morgan fingerprint density at radius 3 is 2.73 bits per heavy atom. The highest BCUT2D eigenvalue weighted by atomic mass is 16.1. The normalized spacial score (nSPS) is 49.8.